The second kappa shape index (κ2) is 9.63. The summed E-state index contributed by atoms with van der Waals surface area (Å²) in [5.74, 6) is 0.0703. The van der Waals surface area contributed by atoms with Crippen LogP contribution in [0.2, 0.25) is 10.0 Å². The molecule has 0 spiro atoms. The Morgan fingerprint density at radius 2 is 1.62 bits per heavy atom. The van der Waals surface area contributed by atoms with E-state index in [9.17, 15) is 13.2 Å². The predicted molar refractivity (Wildman–Crippen MR) is 116 cm³/mol. The monoisotopic (exact) mass is 469 g/mol. The number of sulfone groups is 1. The van der Waals surface area contributed by atoms with Crippen LogP contribution in [0.4, 0.5) is 0 Å². The van der Waals surface area contributed by atoms with Gasteiger partial charge in [-0.2, -0.15) is 0 Å². The summed E-state index contributed by atoms with van der Waals surface area (Å²) in [6.45, 7) is -0.311. The molecule has 1 N–H and O–H groups in total. The third-order valence-corrected chi connectivity index (χ3v) is 7.78. The van der Waals surface area contributed by atoms with Crippen molar-refractivity contribution < 1.29 is 17.9 Å². The molecular weight excluding hydrogens is 453 g/mol. The first-order chi connectivity index (χ1) is 13.9. The number of ether oxygens (including phenoxy) is 1. The van der Waals surface area contributed by atoms with Gasteiger partial charge in [0, 0.05) is 21.5 Å². The van der Waals surface area contributed by atoms with Crippen molar-refractivity contribution in [3.63, 3.8) is 0 Å². The minimum Gasteiger partial charge on any atom is -0.484 e. The molecule has 5 nitrogen and oxygen atoms in total. The van der Waals surface area contributed by atoms with Crippen LogP contribution in [0.15, 0.2) is 70.9 Å². The molecule has 0 saturated carbocycles. The molecule has 0 fully saturated rings. The first-order valence-corrected chi connectivity index (χ1v) is 11.7. The molecule has 1 atom stereocenters. The van der Waals surface area contributed by atoms with Gasteiger partial charge in [0.15, 0.2) is 16.4 Å². The summed E-state index contributed by atoms with van der Waals surface area (Å²) >= 11 is 13.0. The van der Waals surface area contributed by atoms with Crippen LogP contribution < -0.4 is 10.1 Å². The van der Waals surface area contributed by atoms with Crippen LogP contribution in [-0.2, 0) is 14.6 Å². The molecule has 29 heavy (non-hydrogen) atoms. The second-order valence-corrected chi connectivity index (χ2v) is 10.0. The molecule has 1 heterocycles. The fourth-order valence-corrected chi connectivity index (χ4v) is 5.60. The molecule has 1 unspecified atom stereocenters. The van der Waals surface area contributed by atoms with Gasteiger partial charge in [-0.15, -0.1) is 11.3 Å². The average molecular weight is 470 g/mol. The molecule has 0 radical (unpaired) electrons. The molecule has 0 bridgehead atoms. The number of nitrogens with one attached hydrogen (secondary N) is 1. The van der Waals surface area contributed by atoms with Crippen LogP contribution in [0, 0.1) is 0 Å². The van der Waals surface area contributed by atoms with E-state index in [-0.39, 0.29) is 18.0 Å². The summed E-state index contributed by atoms with van der Waals surface area (Å²) in [6, 6.07) is 16.1. The largest absolute Gasteiger partial charge is 0.484 e. The number of hydrogen-bond acceptors (Lipinski definition) is 5. The van der Waals surface area contributed by atoms with Crippen molar-refractivity contribution in [1.82, 2.24) is 5.32 Å². The van der Waals surface area contributed by atoms with Crippen molar-refractivity contribution in [2.24, 2.45) is 0 Å². The summed E-state index contributed by atoms with van der Waals surface area (Å²) in [5, 5.41) is 4.55. The van der Waals surface area contributed by atoms with Gasteiger partial charge in [-0.25, -0.2) is 8.42 Å². The quantitative estimate of drug-likeness (QED) is 0.515. The predicted octanol–water partition coefficient (Wildman–Crippen LogP) is 4.77. The zero-order valence-corrected chi connectivity index (χ0v) is 18.2. The van der Waals surface area contributed by atoms with Gasteiger partial charge in [0.1, 0.15) is 11.0 Å². The first kappa shape index (κ1) is 21.6. The fraction of sp³-hybridized carbons (Fsp3) is 0.150. The maximum absolute atomic E-state index is 13.1. The van der Waals surface area contributed by atoms with Crippen LogP contribution in [0.5, 0.6) is 5.75 Å². The van der Waals surface area contributed by atoms with E-state index in [2.05, 4.69) is 5.32 Å². The van der Waals surface area contributed by atoms with Crippen molar-refractivity contribution in [3.05, 3.63) is 81.0 Å². The lowest BCUT2D eigenvalue weighted by atomic mass is 10.3. The molecule has 1 aromatic heterocycles. The second-order valence-electron chi connectivity index (χ2n) is 6.05. The normalized spacial score (nSPS) is 12.3. The standard InChI is InChI=1S/C20H17Cl2NO4S2/c21-14-3-7-16(8-4-14)27-13-20(24)23-12-19(18-2-1-11-28-18)29(25,26)17-9-5-15(22)6-10-17/h1-11,19H,12-13H2,(H,23,24). The Labute approximate surface area is 183 Å². The van der Waals surface area contributed by atoms with E-state index < -0.39 is 21.0 Å². The van der Waals surface area contributed by atoms with Crippen molar-refractivity contribution in [1.29, 1.82) is 0 Å². The third kappa shape index (κ3) is 5.73. The Balaban J connectivity index is 1.69. The number of rotatable bonds is 8. The van der Waals surface area contributed by atoms with E-state index in [4.69, 9.17) is 27.9 Å². The van der Waals surface area contributed by atoms with E-state index in [1.807, 2.05) is 0 Å². The SMILES string of the molecule is O=C(COc1ccc(Cl)cc1)NCC(c1cccs1)S(=O)(=O)c1ccc(Cl)cc1. The minimum absolute atomic E-state index is 0.0751. The molecular formula is C20H17Cl2NO4S2. The Bertz CT molecular complexity index is 1050. The number of carbonyl (C=O) groups is 1. The Morgan fingerprint density at radius 1 is 1.00 bits per heavy atom. The van der Waals surface area contributed by atoms with Gasteiger partial charge in [-0.05, 0) is 60.0 Å². The topological polar surface area (TPSA) is 72.5 Å². The molecule has 152 valence electrons. The lowest BCUT2D eigenvalue weighted by molar-refractivity contribution is -0.123. The first-order valence-electron chi connectivity index (χ1n) is 8.54. The summed E-state index contributed by atoms with van der Waals surface area (Å²) in [4.78, 5) is 13.0. The Kier molecular flexibility index (Phi) is 7.18. The van der Waals surface area contributed by atoms with Gasteiger partial charge >= 0.3 is 0 Å². The highest BCUT2D eigenvalue weighted by Gasteiger charge is 2.30. The smallest absolute Gasteiger partial charge is 0.257 e. The highest BCUT2D eigenvalue weighted by atomic mass is 35.5. The maximum atomic E-state index is 13.1. The van der Waals surface area contributed by atoms with Gasteiger partial charge in [0.05, 0.1) is 4.90 Å². The summed E-state index contributed by atoms with van der Waals surface area (Å²) in [5.41, 5.74) is 0. The van der Waals surface area contributed by atoms with Gasteiger partial charge in [-0.3, -0.25) is 4.79 Å². The van der Waals surface area contributed by atoms with Crippen molar-refractivity contribution >= 4 is 50.3 Å². The molecule has 1 amide bonds. The van der Waals surface area contributed by atoms with E-state index in [1.54, 1.807) is 41.8 Å². The van der Waals surface area contributed by atoms with Crippen molar-refractivity contribution in [2.75, 3.05) is 13.2 Å². The molecule has 2 aromatic carbocycles. The lowest BCUT2D eigenvalue weighted by Gasteiger charge is -2.17. The van der Waals surface area contributed by atoms with Gasteiger partial charge < -0.3 is 10.1 Å². The van der Waals surface area contributed by atoms with E-state index >= 15 is 0 Å². The average Bonchev–Trinajstić information content (AvgIpc) is 3.22. The van der Waals surface area contributed by atoms with Gasteiger partial charge in [0.2, 0.25) is 0 Å². The highest BCUT2D eigenvalue weighted by Crippen LogP contribution is 2.31. The Morgan fingerprint density at radius 3 is 2.21 bits per heavy atom. The van der Waals surface area contributed by atoms with E-state index in [1.165, 1.54) is 35.6 Å². The van der Waals surface area contributed by atoms with Crippen LogP contribution >= 0.6 is 34.5 Å². The van der Waals surface area contributed by atoms with Crippen LogP contribution in [0.25, 0.3) is 0 Å². The number of amides is 1. The van der Waals surface area contributed by atoms with Crippen LogP contribution in [0.3, 0.4) is 0 Å². The maximum Gasteiger partial charge on any atom is 0.257 e. The van der Waals surface area contributed by atoms with Crippen LogP contribution in [-0.4, -0.2) is 27.5 Å². The van der Waals surface area contributed by atoms with Crippen molar-refractivity contribution in [3.8, 4) is 5.75 Å². The van der Waals surface area contributed by atoms with E-state index in [0.717, 1.165) is 0 Å². The molecule has 3 rings (SSSR count). The molecule has 0 aliphatic carbocycles. The third-order valence-electron chi connectivity index (χ3n) is 4.05. The summed E-state index contributed by atoms with van der Waals surface area (Å²) in [6.07, 6.45) is 0. The van der Waals surface area contributed by atoms with E-state index in [0.29, 0.717) is 20.7 Å². The number of carbonyl (C=O) groups excluding carboxylic acids is 1. The molecule has 0 aliphatic rings. The summed E-state index contributed by atoms with van der Waals surface area (Å²) in [7, 11) is -3.73. The number of halogens is 2. The molecule has 3 aromatic rings. The van der Waals surface area contributed by atoms with Crippen LogP contribution in [0.1, 0.15) is 10.1 Å². The molecule has 9 heteroatoms. The lowest BCUT2D eigenvalue weighted by Crippen LogP contribution is -2.34. The number of thiophene rings is 1. The minimum atomic E-state index is -3.73. The fourth-order valence-electron chi connectivity index (χ4n) is 2.56. The number of benzene rings is 2. The Hall–Kier alpha value is -2.06. The zero-order chi connectivity index (χ0) is 20.9. The zero-order valence-electron chi connectivity index (χ0n) is 15.0. The molecule has 0 aliphatic heterocycles. The van der Waals surface area contributed by atoms with Crippen molar-refractivity contribution in [2.45, 2.75) is 10.1 Å². The molecule has 0 saturated heterocycles. The number of hydrogen-bond donors (Lipinski definition) is 1. The highest BCUT2D eigenvalue weighted by molar-refractivity contribution is 7.91. The van der Waals surface area contributed by atoms with Gasteiger partial charge in [0.25, 0.3) is 5.91 Å². The summed E-state index contributed by atoms with van der Waals surface area (Å²) < 4.78 is 31.7. The van der Waals surface area contributed by atoms with Gasteiger partial charge in [-0.1, -0.05) is 29.3 Å².